The molecule has 27 heavy (non-hydrogen) atoms. The van der Waals surface area contributed by atoms with E-state index in [1.165, 1.54) is 17.8 Å². The van der Waals surface area contributed by atoms with Crippen molar-refractivity contribution in [3.05, 3.63) is 61.8 Å². The fourth-order valence-electron chi connectivity index (χ4n) is 2.47. The summed E-state index contributed by atoms with van der Waals surface area (Å²) in [5, 5.41) is 14.4. The van der Waals surface area contributed by atoms with Gasteiger partial charge < -0.3 is 5.11 Å². The lowest BCUT2D eigenvalue weighted by atomic mass is 10.2. The van der Waals surface area contributed by atoms with Crippen molar-refractivity contribution in [3.63, 3.8) is 0 Å². The zero-order valence-electron chi connectivity index (χ0n) is 14.6. The van der Waals surface area contributed by atoms with Crippen molar-refractivity contribution in [2.45, 2.75) is 13.5 Å². The number of aryl methyl sites for hydroxylation is 1. The molecule has 2 aromatic heterocycles. The van der Waals surface area contributed by atoms with Crippen molar-refractivity contribution in [2.75, 3.05) is 5.43 Å². The zero-order chi connectivity index (χ0) is 19.6. The first kappa shape index (κ1) is 18.5. The lowest BCUT2D eigenvalue weighted by Gasteiger charge is -2.05. The highest BCUT2D eigenvalue weighted by Gasteiger charge is 2.16. The number of aromatic nitrogens is 4. The number of benzene rings is 1. The predicted octanol–water partition coefficient (Wildman–Crippen LogP) is 1.72. The Morgan fingerprint density at radius 2 is 2.15 bits per heavy atom. The molecule has 0 saturated carbocycles. The molecular formula is C17H17ClN6O3. The summed E-state index contributed by atoms with van der Waals surface area (Å²) in [5.41, 5.74) is 2.56. The summed E-state index contributed by atoms with van der Waals surface area (Å²) >= 11 is 5.90. The van der Waals surface area contributed by atoms with Crippen LogP contribution in [0.2, 0.25) is 0 Å². The average molecular weight is 389 g/mol. The van der Waals surface area contributed by atoms with Crippen molar-refractivity contribution >= 4 is 34.9 Å². The van der Waals surface area contributed by atoms with E-state index in [-0.39, 0.29) is 29.4 Å². The fraction of sp³-hybridized carbons (Fsp3) is 0.176. The molecule has 1 aromatic carbocycles. The van der Waals surface area contributed by atoms with E-state index in [4.69, 9.17) is 11.6 Å². The van der Waals surface area contributed by atoms with Crippen LogP contribution in [0.15, 0.2) is 50.1 Å². The van der Waals surface area contributed by atoms with Gasteiger partial charge in [-0.2, -0.15) is 10.1 Å². The molecule has 0 aliphatic carbocycles. The molecule has 2 heterocycles. The van der Waals surface area contributed by atoms with Crippen LogP contribution in [0.25, 0.3) is 11.2 Å². The minimum absolute atomic E-state index is 0.0797. The van der Waals surface area contributed by atoms with Gasteiger partial charge in [0.2, 0.25) is 5.95 Å². The Labute approximate surface area is 158 Å². The number of aromatic amines is 1. The van der Waals surface area contributed by atoms with Crippen molar-refractivity contribution in [1.29, 1.82) is 0 Å². The molecule has 10 heteroatoms. The van der Waals surface area contributed by atoms with Crippen LogP contribution < -0.4 is 16.7 Å². The van der Waals surface area contributed by atoms with Crippen molar-refractivity contribution < 1.29 is 5.11 Å². The Hall–Kier alpha value is -3.33. The molecule has 3 aromatic rings. The number of phenols is 1. The largest absolute Gasteiger partial charge is 0.507 e. The summed E-state index contributed by atoms with van der Waals surface area (Å²) in [6, 6.07) is 6.70. The van der Waals surface area contributed by atoms with E-state index in [2.05, 4.69) is 20.5 Å². The number of para-hydroxylation sites is 1. The first-order valence-electron chi connectivity index (χ1n) is 7.97. The molecule has 9 nitrogen and oxygen atoms in total. The summed E-state index contributed by atoms with van der Waals surface area (Å²) in [6.07, 6.45) is 3.12. The molecular weight excluding hydrogens is 372 g/mol. The second kappa shape index (κ2) is 7.50. The normalized spacial score (nSPS) is 12.2. The molecule has 140 valence electrons. The van der Waals surface area contributed by atoms with Crippen LogP contribution in [0.3, 0.4) is 0 Å². The predicted molar refractivity (Wildman–Crippen MR) is 105 cm³/mol. The molecule has 0 saturated heterocycles. The minimum atomic E-state index is -0.564. The molecule has 0 bridgehead atoms. The number of allylic oxidation sites excluding steroid dienone is 2. The number of hydrogen-bond acceptors (Lipinski definition) is 6. The summed E-state index contributed by atoms with van der Waals surface area (Å²) < 4.78 is 2.80. The van der Waals surface area contributed by atoms with Crippen LogP contribution in [0.5, 0.6) is 5.75 Å². The SMILES string of the molecule is C/C(Cl)=C/Cn1c(N/N=C\c2ccccc2O)nc2c1c(=O)[nH]c(=O)n2C. The van der Waals surface area contributed by atoms with Crippen molar-refractivity contribution in [1.82, 2.24) is 19.1 Å². The van der Waals surface area contributed by atoms with E-state index in [1.807, 2.05) is 0 Å². The Bertz CT molecular complexity index is 1170. The summed E-state index contributed by atoms with van der Waals surface area (Å²) in [7, 11) is 1.51. The van der Waals surface area contributed by atoms with Crippen molar-refractivity contribution in [3.8, 4) is 5.75 Å². The zero-order valence-corrected chi connectivity index (χ0v) is 15.4. The molecule has 3 rings (SSSR count). The van der Waals surface area contributed by atoms with Crippen LogP contribution in [0.4, 0.5) is 5.95 Å². The standard InChI is InChI=1S/C17H17ClN6O3/c1-10(18)7-8-24-13-14(23(2)17(27)21-15(13)26)20-16(24)22-19-9-11-5-3-4-6-12(11)25/h3-7,9,25H,8H2,1-2H3,(H,20,22)(H,21,26,27)/b10-7-,19-9-. The fourth-order valence-corrected chi connectivity index (χ4v) is 2.54. The third-order valence-electron chi connectivity index (χ3n) is 3.87. The van der Waals surface area contributed by atoms with E-state index >= 15 is 0 Å². The van der Waals surface area contributed by atoms with Gasteiger partial charge in [-0.25, -0.2) is 10.2 Å². The Kier molecular flexibility index (Phi) is 5.13. The molecule has 0 radical (unpaired) electrons. The number of anilines is 1. The number of imidazole rings is 1. The van der Waals surface area contributed by atoms with Gasteiger partial charge in [-0.05, 0) is 19.1 Å². The van der Waals surface area contributed by atoms with Gasteiger partial charge in [0.05, 0.1) is 6.21 Å². The molecule has 0 spiro atoms. The maximum absolute atomic E-state index is 12.3. The van der Waals surface area contributed by atoms with E-state index in [0.29, 0.717) is 10.6 Å². The minimum Gasteiger partial charge on any atom is -0.507 e. The monoisotopic (exact) mass is 388 g/mol. The second-order valence-electron chi connectivity index (χ2n) is 5.76. The average Bonchev–Trinajstić information content (AvgIpc) is 2.99. The number of phenolic OH excluding ortho intramolecular Hbond substituents is 1. The number of nitrogens with zero attached hydrogens (tertiary/aromatic N) is 4. The maximum atomic E-state index is 12.3. The van der Waals surface area contributed by atoms with Gasteiger partial charge in [-0.1, -0.05) is 29.8 Å². The van der Waals surface area contributed by atoms with Gasteiger partial charge >= 0.3 is 5.69 Å². The van der Waals surface area contributed by atoms with Gasteiger partial charge in [-0.3, -0.25) is 18.9 Å². The first-order chi connectivity index (χ1) is 12.9. The number of halogens is 1. The lowest BCUT2D eigenvalue weighted by Crippen LogP contribution is -2.29. The van der Waals surface area contributed by atoms with E-state index in [1.54, 1.807) is 41.8 Å². The maximum Gasteiger partial charge on any atom is 0.329 e. The smallest absolute Gasteiger partial charge is 0.329 e. The van der Waals surface area contributed by atoms with Crippen LogP contribution in [-0.4, -0.2) is 30.4 Å². The number of rotatable bonds is 5. The molecule has 0 amide bonds. The number of nitrogens with one attached hydrogen (secondary N) is 2. The topological polar surface area (TPSA) is 117 Å². The van der Waals surface area contributed by atoms with Gasteiger partial charge in [0.25, 0.3) is 5.56 Å². The summed E-state index contributed by atoms with van der Waals surface area (Å²) in [6.45, 7) is 1.96. The first-order valence-corrected chi connectivity index (χ1v) is 8.35. The van der Waals surface area contributed by atoms with Crippen LogP contribution in [0.1, 0.15) is 12.5 Å². The summed E-state index contributed by atoms with van der Waals surface area (Å²) in [5.74, 6) is 0.327. The van der Waals surface area contributed by atoms with Crippen molar-refractivity contribution in [2.24, 2.45) is 12.1 Å². The third kappa shape index (κ3) is 3.77. The summed E-state index contributed by atoms with van der Waals surface area (Å²) in [4.78, 5) is 30.7. The number of H-pyrrole nitrogens is 1. The number of hydrazone groups is 1. The second-order valence-corrected chi connectivity index (χ2v) is 6.35. The number of fused-ring (bicyclic) bond motifs is 1. The quantitative estimate of drug-likeness (QED) is 0.454. The molecule has 0 unspecified atom stereocenters. The highest BCUT2D eigenvalue weighted by Crippen LogP contribution is 2.17. The van der Waals surface area contributed by atoms with Crippen LogP contribution in [0, 0.1) is 0 Å². The molecule has 0 atom stereocenters. The third-order valence-corrected chi connectivity index (χ3v) is 4.02. The van der Waals surface area contributed by atoms with Crippen LogP contribution >= 0.6 is 11.6 Å². The lowest BCUT2D eigenvalue weighted by molar-refractivity contribution is 0.474. The van der Waals surface area contributed by atoms with Gasteiger partial charge in [0.15, 0.2) is 11.2 Å². The highest BCUT2D eigenvalue weighted by molar-refractivity contribution is 6.29. The van der Waals surface area contributed by atoms with Gasteiger partial charge in [-0.15, -0.1) is 0 Å². The van der Waals surface area contributed by atoms with Crippen LogP contribution in [-0.2, 0) is 13.6 Å². The number of hydrogen-bond donors (Lipinski definition) is 3. The Balaban J connectivity index is 2.07. The number of aromatic hydroxyl groups is 1. The van der Waals surface area contributed by atoms with Gasteiger partial charge in [0, 0.05) is 24.2 Å². The molecule has 0 aliphatic heterocycles. The van der Waals surface area contributed by atoms with E-state index in [0.717, 1.165) is 0 Å². The van der Waals surface area contributed by atoms with Gasteiger partial charge in [0.1, 0.15) is 5.75 Å². The van der Waals surface area contributed by atoms with E-state index < -0.39 is 11.2 Å². The Morgan fingerprint density at radius 1 is 1.41 bits per heavy atom. The molecule has 0 fully saturated rings. The Morgan fingerprint density at radius 3 is 2.85 bits per heavy atom. The highest BCUT2D eigenvalue weighted by atomic mass is 35.5. The van der Waals surface area contributed by atoms with E-state index in [9.17, 15) is 14.7 Å². The molecule has 3 N–H and O–H groups in total. The molecule has 0 aliphatic rings.